The van der Waals surface area contributed by atoms with E-state index in [0.717, 1.165) is 44.0 Å². The van der Waals surface area contributed by atoms with E-state index in [1.54, 1.807) is 7.11 Å². The highest BCUT2D eigenvalue weighted by atomic mass is 16.5. The normalized spacial score (nSPS) is 17.8. The third-order valence-corrected chi connectivity index (χ3v) is 4.78. The van der Waals surface area contributed by atoms with Crippen molar-refractivity contribution in [2.75, 3.05) is 51.3 Å². The molecule has 136 valence electrons. The summed E-state index contributed by atoms with van der Waals surface area (Å²) in [7, 11) is 1.71. The van der Waals surface area contributed by atoms with Crippen LogP contribution in [0.2, 0.25) is 0 Å². The number of piperazine rings is 1. The Morgan fingerprint density at radius 1 is 1.17 bits per heavy atom. The molecule has 5 heteroatoms. The van der Waals surface area contributed by atoms with Gasteiger partial charge in [0.2, 0.25) is 0 Å². The molecular formula is C19H32N2O3. The minimum absolute atomic E-state index is 0.163. The Morgan fingerprint density at radius 3 is 2.46 bits per heavy atom. The van der Waals surface area contributed by atoms with Gasteiger partial charge in [-0.1, -0.05) is 19.1 Å². The van der Waals surface area contributed by atoms with E-state index >= 15 is 0 Å². The summed E-state index contributed by atoms with van der Waals surface area (Å²) in [5.41, 5.74) is 0.983. The first-order valence-electron chi connectivity index (χ1n) is 8.87. The zero-order valence-corrected chi connectivity index (χ0v) is 15.5. The van der Waals surface area contributed by atoms with Crippen LogP contribution in [0.15, 0.2) is 24.3 Å². The van der Waals surface area contributed by atoms with Gasteiger partial charge in [0.1, 0.15) is 5.75 Å². The van der Waals surface area contributed by atoms with E-state index in [2.05, 4.69) is 36.6 Å². The highest BCUT2D eigenvalue weighted by molar-refractivity contribution is 5.58. The molecule has 0 spiro atoms. The molecule has 0 saturated carbocycles. The first kappa shape index (κ1) is 19.0. The molecule has 0 radical (unpaired) electrons. The summed E-state index contributed by atoms with van der Waals surface area (Å²) >= 11 is 0. The maximum atomic E-state index is 10.2. The van der Waals surface area contributed by atoms with Gasteiger partial charge in [0.25, 0.3) is 0 Å². The summed E-state index contributed by atoms with van der Waals surface area (Å²) in [5, 5.41) is 10.2. The van der Waals surface area contributed by atoms with Crippen molar-refractivity contribution in [3.05, 3.63) is 24.3 Å². The fraction of sp³-hybridized carbons (Fsp3) is 0.684. The van der Waals surface area contributed by atoms with Crippen molar-refractivity contribution in [3.63, 3.8) is 0 Å². The van der Waals surface area contributed by atoms with Gasteiger partial charge >= 0.3 is 0 Å². The molecule has 2 rings (SSSR count). The van der Waals surface area contributed by atoms with Gasteiger partial charge in [0.05, 0.1) is 31.1 Å². The Balaban J connectivity index is 1.78. The molecule has 1 heterocycles. The molecule has 1 aliphatic heterocycles. The zero-order chi connectivity index (χ0) is 17.6. The highest BCUT2D eigenvalue weighted by Gasteiger charge is 2.23. The van der Waals surface area contributed by atoms with Crippen molar-refractivity contribution in [1.82, 2.24) is 4.90 Å². The van der Waals surface area contributed by atoms with Crippen LogP contribution in [0.25, 0.3) is 0 Å². The third-order valence-electron chi connectivity index (χ3n) is 4.78. The van der Waals surface area contributed by atoms with Crippen LogP contribution < -0.4 is 9.64 Å². The van der Waals surface area contributed by atoms with Gasteiger partial charge in [-0.15, -0.1) is 0 Å². The molecule has 1 N–H and O–H groups in total. The van der Waals surface area contributed by atoms with E-state index in [4.69, 9.17) is 9.47 Å². The number of β-amino-alcohol motifs (C(OH)–C–C–N with tert-alkyl or cyclic N) is 1. The SMILES string of the molecule is CCC(C)(C)OC[C@H](O)CN1CCN(c2ccccc2OC)CC1. The first-order valence-corrected chi connectivity index (χ1v) is 8.87. The van der Waals surface area contributed by atoms with Crippen LogP contribution >= 0.6 is 0 Å². The Kier molecular flexibility index (Phi) is 6.90. The topological polar surface area (TPSA) is 45.2 Å². The lowest BCUT2D eigenvalue weighted by Gasteiger charge is -2.37. The lowest BCUT2D eigenvalue weighted by molar-refractivity contribution is -0.0674. The number of hydrogen-bond donors (Lipinski definition) is 1. The van der Waals surface area contributed by atoms with Crippen LogP contribution in [0.1, 0.15) is 27.2 Å². The van der Waals surface area contributed by atoms with Gasteiger partial charge in [-0.3, -0.25) is 4.90 Å². The number of anilines is 1. The lowest BCUT2D eigenvalue weighted by Crippen LogP contribution is -2.49. The number of hydrogen-bond acceptors (Lipinski definition) is 5. The Hall–Kier alpha value is -1.30. The predicted octanol–water partition coefficient (Wildman–Crippen LogP) is 2.38. The number of ether oxygens (including phenoxy) is 2. The van der Waals surface area contributed by atoms with Gasteiger partial charge in [-0.2, -0.15) is 0 Å². The fourth-order valence-corrected chi connectivity index (χ4v) is 2.84. The summed E-state index contributed by atoms with van der Waals surface area (Å²) in [6, 6.07) is 8.13. The van der Waals surface area contributed by atoms with Crippen LogP contribution in [-0.2, 0) is 4.74 Å². The van der Waals surface area contributed by atoms with Crippen molar-refractivity contribution >= 4 is 5.69 Å². The van der Waals surface area contributed by atoms with Gasteiger partial charge in [0, 0.05) is 32.7 Å². The van der Waals surface area contributed by atoms with Crippen LogP contribution in [-0.4, -0.2) is 68.2 Å². The van der Waals surface area contributed by atoms with Crippen LogP contribution in [0.4, 0.5) is 5.69 Å². The monoisotopic (exact) mass is 336 g/mol. The van der Waals surface area contributed by atoms with Crippen molar-refractivity contribution in [3.8, 4) is 5.75 Å². The second kappa shape index (κ2) is 8.70. The largest absolute Gasteiger partial charge is 0.495 e. The molecule has 0 aromatic heterocycles. The quantitative estimate of drug-likeness (QED) is 0.790. The third kappa shape index (κ3) is 5.36. The Labute approximate surface area is 146 Å². The van der Waals surface area contributed by atoms with E-state index in [9.17, 15) is 5.11 Å². The maximum Gasteiger partial charge on any atom is 0.142 e. The van der Waals surface area contributed by atoms with E-state index in [-0.39, 0.29) is 5.60 Å². The second-order valence-electron chi connectivity index (χ2n) is 7.04. The summed E-state index contributed by atoms with van der Waals surface area (Å²) in [6.45, 7) is 11.0. The molecule has 24 heavy (non-hydrogen) atoms. The van der Waals surface area contributed by atoms with Crippen molar-refractivity contribution in [1.29, 1.82) is 0 Å². The van der Waals surface area contributed by atoms with Crippen molar-refractivity contribution < 1.29 is 14.6 Å². The van der Waals surface area contributed by atoms with Gasteiger partial charge in [-0.05, 0) is 32.4 Å². The second-order valence-corrected chi connectivity index (χ2v) is 7.04. The van der Waals surface area contributed by atoms with E-state index in [0.29, 0.717) is 13.2 Å². The first-order chi connectivity index (χ1) is 11.4. The molecule has 1 atom stereocenters. The average molecular weight is 336 g/mol. The van der Waals surface area contributed by atoms with E-state index in [1.807, 2.05) is 18.2 Å². The summed E-state index contributed by atoms with van der Waals surface area (Å²) in [6.07, 6.45) is 0.505. The fourth-order valence-electron chi connectivity index (χ4n) is 2.84. The molecule has 1 saturated heterocycles. The molecule has 1 aliphatic rings. The molecular weight excluding hydrogens is 304 g/mol. The number of nitrogens with zero attached hydrogens (tertiary/aromatic N) is 2. The molecule has 0 aliphatic carbocycles. The number of rotatable bonds is 8. The molecule has 0 unspecified atom stereocenters. The number of aliphatic hydroxyl groups is 1. The number of para-hydroxylation sites is 2. The number of aliphatic hydroxyl groups excluding tert-OH is 1. The van der Waals surface area contributed by atoms with E-state index < -0.39 is 6.10 Å². The minimum atomic E-state index is -0.436. The van der Waals surface area contributed by atoms with Crippen LogP contribution in [0.5, 0.6) is 5.75 Å². The summed E-state index contributed by atoms with van der Waals surface area (Å²) < 4.78 is 11.3. The summed E-state index contributed by atoms with van der Waals surface area (Å²) in [5.74, 6) is 0.918. The zero-order valence-electron chi connectivity index (χ0n) is 15.5. The Bertz CT molecular complexity index is 499. The Morgan fingerprint density at radius 2 is 1.83 bits per heavy atom. The molecule has 1 fully saturated rings. The number of methoxy groups -OCH3 is 1. The maximum absolute atomic E-state index is 10.2. The molecule has 1 aromatic carbocycles. The standard InChI is InChI=1S/C19H32N2O3/c1-5-19(2,3)24-15-16(22)14-20-10-12-21(13-11-20)17-8-6-7-9-18(17)23-4/h6-9,16,22H,5,10-15H2,1-4H3/t16-/m1/s1. The average Bonchev–Trinajstić information content (AvgIpc) is 2.61. The summed E-state index contributed by atoms with van der Waals surface area (Å²) in [4.78, 5) is 4.65. The van der Waals surface area contributed by atoms with Gasteiger partial charge in [-0.25, -0.2) is 0 Å². The van der Waals surface area contributed by atoms with Crippen LogP contribution in [0.3, 0.4) is 0 Å². The van der Waals surface area contributed by atoms with Gasteiger partial charge < -0.3 is 19.5 Å². The molecule has 0 amide bonds. The van der Waals surface area contributed by atoms with E-state index in [1.165, 1.54) is 0 Å². The van der Waals surface area contributed by atoms with Crippen LogP contribution in [0, 0.1) is 0 Å². The van der Waals surface area contributed by atoms with Crippen molar-refractivity contribution in [2.24, 2.45) is 0 Å². The number of benzene rings is 1. The molecule has 1 aromatic rings. The highest BCUT2D eigenvalue weighted by Crippen LogP contribution is 2.28. The molecule has 0 bridgehead atoms. The van der Waals surface area contributed by atoms with Crippen molar-refractivity contribution in [2.45, 2.75) is 38.9 Å². The minimum Gasteiger partial charge on any atom is -0.495 e. The van der Waals surface area contributed by atoms with Gasteiger partial charge in [0.15, 0.2) is 0 Å². The molecule has 5 nitrogen and oxygen atoms in total. The predicted molar refractivity (Wildman–Crippen MR) is 98.0 cm³/mol. The smallest absolute Gasteiger partial charge is 0.142 e. The lowest BCUT2D eigenvalue weighted by atomic mass is 10.1.